The molecule has 6 nitrogen and oxygen atoms in total. The summed E-state index contributed by atoms with van der Waals surface area (Å²) >= 11 is 0. The molecule has 150 valence electrons. The number of hydrogen-bond acceptors (Lipinski definition) is 5. The number of amides is 1. The second-order valence-electron chi connectivity index (χ2n) is 8.50. The molecule has 4 rings (SSSR count). The first-order chi connectivity index (χ1) is 13.3. The van der Waals surface area contributed by atoms with Crippen molar-refractivity contribution < 1.29 is 18.7 Å². The third kappa shape index (κ3) is 3.73. The normalized spacial score (nSPS) is 18.5. The van der Waals surface area contributed by atoms with Gasteiger partial charge in [0.2, 0.25) is 0 Å². The number of hydrogen-bond donors (Lipinski definition) is 1. The average Bonchev–Trinajstić information content (AvgIpc) is 3.11. The van der Waals surface area contributed by atoms with E-state index in [0.29, 0.717) is 17.1 Å². The molecule has 2 heterocycles. The molecular formula is C22H27NO5. The van der Waals surface area contributed by atoms with Crippen LogP contribution in [0.5, 0.6) is 11.5 Å². The van der Waals surface area contributed by atoms with Crippen LogP contribution in [0.15, 0.2) is 21.3 Å². The highest BCUT2D eigenvalue weighted by molar-refractivity contribution is 5.91. The van der Waals surface area contributed by atoms with Gasteiger partial charge in [-0.2, -0.15) is 0 Å². The topological polar surface area (TPSA) is 77.8 Å². The Labute approximate surface area is 164 Å². The summed E-state index contributed by atoms with van der Waals surface area (Å²) in [6.45, 7) is 5.83. The molecule has 0 spiro atoms. The number of ether oxygens (including phenoxy) is 2. The fraction of sp³-hybridized carbons (Fsp3) is 0.545. The second-order valence-corrected chi connectivity index (χ2v) is 8.50. The minimum Gasteiger partial charge on any atom is -0.487 e. The highest BCUT2D eigenvalue weighted by atomic mass is 16.5. The molecule has 1 fully saturated rings. The molecule has 0 atom stereocenters. The zero-order valence-electron chi connectivity index (χ0n) is 16.7. The van der Waals surface area contributed by atoms with Crippen LogP contribution in [0, 0.1) is 6.92 Å². The quantitative estimate of drug-likeness (QED) is 0.813. The number of carbonyl (C=O) groups is 1. The highest BCUT2D eigenvalue weighted by Crippen LogP contribution is 2.42. The number of aryl methyl sites for hydroxylation is 2. The number of carbonyl (C=O) groups excluding carboxylic acids is 1. The minimum absolute atomic E-state index is 0.0770. The lowest BCUT2D eigenvalue weighted by Crippen LogP contribution is -2.36. The van der Waals surface area contributed by atoms with E-state index in [2.05, 4.69) is 5.32 Å². The van der Waals surface area contributed by atoms with Crippen molar-refractivity contribution in [3.8, 4) is 11.5 Å². The van der Waals surface area contributed by atoms with Gasteiger partial charge in [0.1, 0.15) is 22.7 Å². The summed E-state index contributed by atoms with van der Waals surface area (Å²) in [5.41, 5.74) is 1.46. The van der Waals surface area contributed by atoms with Gasteiger partial charge in [-0.15, -0.1) is 0 Å². The van der Waals surface area contributed by atoms with Gasteiger partial charge in [-0.1, -0.05) is 12.8 Å². The molecule has 0 bridgehead atoms. The molecule has 1 saturated carbocycles. The Balaban J connectivity index is 1.67. The average molecular weight is 385 g/mol. The number of nitrogens with one attached hydrogen (secondary N) is 1. The Bertz CT molecular complexity index is 969. The van der Waals surface area contributed by atoms with E-state index in [0.717, 1.165) is 55.0 Å². The lowest BCUT2D eigenvalue weighted by molar-refractivity contribution is -0.123. The maximum Gasteiger partial charge on any atom is 0.336 e. The van der Waals surface area contributed by atoms with Crippen molar-refractivity contribution in [2.75, 3.05) is 6.61 Å². The van der Waals surface area contributed by atoms with Gasteiger partial charge in [0, 0.05) is 23.7 Å². The zero-order chi connectivity index (χ0) is 19.9. The summed E-state index contributed by atoms with van der Waals surface area (Å²) < 4.78 is 17.6. The molecule has 0 saturated heterocycles. The summed E-state index contributed by atoms with van der Waals surface area (Å²) in [4.78, 5) is 24.3. The van der Waals surface area contributed by atoms with Crippen molar-refractivity contribution in [1.29, 1.82) is 0 Å². The Morgan fingerprint density at radius 1 is 1.29 bits per heavy atom. The second kappa shape index (κ2) is 7.15. The van der Waals surface area contributed by atoms with Crippen LogP contribution in [-0.4, -0.2) is 24.2 Å². The van der Waals surface area contributed by atoms with Gasteiger partial charge in [0.05, 0.1) is 5.39 Å². The third-order valence-corrected chi connectivity index (χ3v) is 5.68. The Morgan fingerprint density at radius 3 is 2.79 bits per heavy atom. The van der Waals surface area contributed by atoms with E-state index in [-0.39, 0.29) is 24.2 Å². The van der Waals surface area contributed by atoms with Crippen molar-refractivity contribution >= 4 is 16.9 Å². The molecule has 0 unspecified atom stereocenters. The SMILES string of the molecule is Cc1cc(=O)oc2c3c(cc(OCC(=O)NC4CCCC4)c12)OC(C)(C)CC3. The minimum atomic E-state index is -0.395. The maximum absolute atomic E-state index is 12.3. The van der Waals surface area contributed by atoms with Gasteiger partial charge in [-0.05, 0) is 52.0 Å². The van der Waals surface area contributed by atoms with E-state index >= 15 is 0 Å². The lowest BCUT2D eigenvalue weighted by Gasteiger charge is -2.33. The Kier molecular flexibility index (Phi) is 4.81. The first-order valence-corrected chi connectivity index (χ1v) is 10.0. The highest BCUT2D eigenvalue weighted by Gasteiger charge is 2.30. The monoisotopic (exact) mass is 385 g/mol. The molecule has 28 heavy (non-hydrogen) atoms. The van der Waals surface area contributed by atoms with Crippen LogP contribution in [0.25, 0.3) is 11.0 Å². The van der Waals surface area contributed by atoms with Crippen LogP contribution < -0.4 is 20.4 Å². The van der Waals surface area contributed by atoms with Crippen molar-refractivity contribution in [3.05, 3.63) is 33.7 Å². The van der Waals surface area contributed by atoms with E-state index < -0.39 is 5.63 Å². The van der Waals surface area contributed by atoms with Crippen LogP contribution in [0.3, 0.4) is 0 Å². The first kappa shape index (κ1) is 18.8. The van der Waals surface area contributed by atoms with Gasteiger partial charge in [0.25, 0.3) is 5.91 Å². The summed E-state index contributed by atoms with van der Waals surface area (Å²) in [6, 6.07) is 3.53. The smallest absolute Gasteiger partial charge is 0.336 e. The van der Waals surface area contributed by atoms with Gasteiger partial charge >= 0.3 is 5.63 Å². The van der Waals surface area contributed by atoms with Gasteiger partial charge in [0.15, 0.2) is 6.61 Å². The van der Waals surface area contributed by atoms with Gasteiger partial charge in [-0.3, -0.25) is 4.79 Å². The standard InChI is InChI=1S/C22H27NO5/c1-13-10-19(25)27-21-15-8-9-22(2,3)28-16(15)11-17(20(13)21)26-12-18(24)23-14-6-4-5-7-14/h10-11,14H,4-9,12H2,1-3H3,(H,23,24). The summed E-state index contributed by atoms with van der Waals surface area (Å²) in [5.74, 6) is 1.03. The molecule has 0 radical (unpaired) electrons. The lowest BCUT2D eigenvalue weighted by atomic mass is 9.92. The van der Waals surface area contributed by atoms with Crippen molar-refractivity contribution in [2.24, 2.45) is 0 Å². The Hall–Kier alpha value is -2.50. The van der Waals surface area contributed by atoms with Crippen LogP contribution in [0.1, 0.15) is 57.1 Å². The number of benzene rings is 1. The molecule has 1 aromatic carbocycles. The summed E-state index contributed by atoms with van der Waals surface area (Å²) in [6.07, 6.45) is 5.96. The molecule has 1 N–H and O–H groups in total. The molecule has 6 heteroatoms. The van der Waals surface area contributed by atoms with Gasteiger partial charge < -0.3 is 19.2 Å². The predicted molar refractivity (Wildman–Crippen MR) is 106 cm³/mol. The Morgan fingerprint density at radius 2 is 2.04 bits per heavy atom. The zero-order valence-corrected chi connectivity index (χ0v) is 16.7. The van der Waals surface area contributed by atoms with E-state index in [1.807, 2.05) is 26.8 Å². The van der Waals surface area contributed by atoms with Crippen LogP contribution in [-0.2, 0) is 11.2 Å². The fourth-order valence-electron chi connectivity index (χ4n) is 4.22. The van der Waals surface area contributed by atoms with E-state index in [1.54, 1.807) is 0 Å². The molecular weight excluding hydrogens is 358 g/mol. The van der Waals surface area contributed by atoms with Crippen LogP contribution in [0.2, 0.25) is 0 Å². The fourth-order valence-corrected chi connectivity index (χ4v) is 4.22. The van der Waals surface area contributed by atoms with Gasteiger partial charge in [-0.25, -0.2) is 4.79 Å². The first-order valence-electron chi connectivity index (χ1n) is 10.0. The van der Waals surface area contributed by atoms with E-state index in [9.17, 15) is 9.59 Å². The number of fused-ring (bicyclic) bond motifs is 3. The molecule has 1 amide bonds. The summed E-state index contributed by atoms with van der Waals surface area (Å²) in [5, 5.41) is 3.76. The van der Waals surface area contributed by atoms with E-state index in [1.165, 1.54) is 6.07 Å². The largest absolute Gasteiger partial charge is 0.487 e. The molecule has 1 aliphatic heterocycles. The predicted octanol–water partition coefficient (Wildman–Crippen LogP) is 3.64. The van der Waals surface area contributed by atoms with Crippen LogP contribution in [0.4, 0.5) is 0 Å². The molecule has 2 aromatic rings. The summed E-state index contributed by atoms with van der Waals surface area (Å²) in [7, 11) is 0. The maximum atomic E-state index is 12.3. The van der Waals surface area contributed by atoms with Crippen molar-refractivity contribution in [3.63, 3.8) is 0 Å². The molecule has 1 aliphatic carbocycles. The number of rotatable bonds is 4. The third-order valence-electron chi connectivity index (χ3n) is 5.68. The van der Waals surface area contributed by atoms with Crippen molar-refractivity contribution in [1.82, 2.24) is 5.32 Å². The van der Waals surface area contributed by atoms with Crippen molar-refractivity contribution in [2.45, 2.75) is 70.9 Å². The molecule has 1 aromatic heterocycles. The molecule has 2 aliphatic rings. The van der Waals surface area contributed by atoms with E-state index in [4.69, 9.17) is 13.9 Å². The van der Waals surface area contributed by atoms with Crippen LogP contribution >= 0.6 is 0 Å².